The van der Waals surface area contributed by atoms with Gasteiger partial charge in [0.25, 0.3) is 0 Å². The number of hydrogen-bond donors (Lipinski definition) is 0. The molecule has 1 amide bonds. The average Bonchev–Trinajstić information content (AvgIpc) is 2.92. The van der Waals surface area contributed by atoms with E-state index >= 15 is 0 Å². The molecule has 1 aromatic carbocycles. The van der Waals surface area contributed by atoms with Crippen molar-refractivity contribution in [2.24, 2.45) is 5.16 Å². The predicted molar refractivity (Wildman–Crippen MR) is 82.3 cm³/mol. The summed E-state index contributed by atoms with van der Waals surface area (Å²) in [6.45, 7) is 5.56. The topological polar surface area (TPSA) is 41.9 Å². The average molecular weight is 286 g/mol. The Bertz CT molecular complexity index is 555. The Labute approximate surface area is 125 Å². The number of carbonyl (C=O) groups excluding carboxylic acids is 1. The molecule has 0 unspecified atom stereocenters. The van der Waals surface area contributed by atoms with Crippen molar-refractivity contribution >= 4 is 11.6 Å². The number of amides is 1. The van der Waals surface area contributed by atoms with Gasteiger partial charge < -0.3 is 9.74 Å². The Kier molecular flexibility index (Phi) is 3.70. The number of rotatable bonds is 2. The van der Waals surface area contributed by atoms with Crippen LogP contribution in [-0.2, 0) is 9.63 Å². The quantitative estimate of drug-likeness (QED) is 0.839. The van der Waals surface area contributed by atoms with E-state index in [9.17, 15) is 4.79 Å². The summed E-state index contributed by atoms with van der Waals surface area (Å²) in [5.74, 6) is 0.238. The Balaban J connectivity index is 1.64. The van der Waals surface area contributed by atoms with Gasteiger partial charge in [-0.1, -0.05) is 41.9 Å². The molecule has 0 bridgehead atoms. The van der Waals surface area contributed by atoms with Crippen LogP contribution < -0.4 is 0 Å². The van der Waals surface area contributed by atoms with Crippen molar-refractivity contribution in [2.45, 2.75) is 45.1 Å². The van der Waals surface area contributed by atoms with E-state index < -0.39 is 0 Å². The van der Waals surface area contributed by atoms with E-state index in [4.69, 9.17) is 4.84 Å². The summed E-state index contributed by atoms with van der Waals surface area (Å²) in [7, 11) is 0. The van der Waals surface area contributed by atoms with Gasteiger partial charge in [-0.25, -0.2) is 0 Å². The highest BCUT2D eigenvalue weighted by Gasteiger charge is 2.42. The molecule has 1 spiro atoms. The Morgan fingerprint density at radius 2 is 1.95 bits per heavy atom. The maximum absolute atomic E-state index is 11.7. The summed E-state index contributed by atoms with van der Waals surface area (Å²) in [4.78, 5) is 19.5. The molecule has 0 saturated carbocycles. The Morgan fingerprint density at radius 1 is 1.29 bits per heavy atom. The van der Waals surface area contributed by atoms with E-state index in [1.807, 2.05) is 11.8 Å². The number of nitrogens with zero attached hydrogens (tertiary/aromatic N) is 2. The van der Waals surface area contributed by atoms with Crippen molar-refractivity contribution in [3.8, 4) is 0 Å². The molecule has 2 heterocycles. The lowest BCUT2D eigenvalue weighted by Crippen LogP contribution is -2.46. The standard InChI is InChI=1S/C17H22N2O2/c1-3-16(20)19-10-8-17(9-11-19)12-15(18-21-17)14-6-4-13(2)5-7-14/h4-7H,3,8-12H2,1-2H3. The van der Waals surface area contributed by atoms with Gasteiger partial charge in [-0.05, 0) is 12.5 Å². The summed E-state index contributed by atoms with van der Waals surface area (Å²) in [6, 6.07) is 8.41. The molecule has 4 nitrogen and oxygen atoms in total. The first-order valence-corrected chi connectivity index (χ1v) is 7.72. The molecule has 1 aromatic rings. The second-order valence-corrected chi connectivity index (χ2v) is 6.09. The highest BCUT2D eigenvalue weighted by Crippen LogP contribution is 2.36. The number of likely N-dealkylation sites (tertiary alicyclic amines) is 1. The van der Waals surface area contributed by atoms with Crippen LogP contribution in [0.2, 0.25) is 0 Å². The van der Waals surface area contributed by atoms with Crippen LogP contribution >= 0.6 is 0 Å². The molecular formula is C17H22N2O2. The van der Waals surface area contributed by atoms with Crippen LogP contribution in [0.3, 0.4) is 0 Å². The molecule has 112 valence electrons. The first-order valence-electron chi connectivity index (χ1n) is 7.72. The number of benzene rings is 1. The maximum Gasteiger partial charge on any atom is 0.222 e. The van der Waals surface area contributed by atoms with Gasteiger partial charge in [0.15, 0.2) is 0 Å². The number of piperidine rings is 1. The van der Waals surface area contributed by atoms with Crippen molar-refractivity contribution < 1.29 is 9.63 Å². The van der Waals surface area contributed by atoms with Gasteiger partial charge >= 0.3 is 0 Å². The highest BCUT2D eigenvalue weighted by atomic mass is 16.7. The monoisotopic (exact) mass is 286 g/mol. The van der Waals surface area contributed by atoms with Crippen LogP contribution in [0.4, 0.5) is 0 Å². The van der Waals surface area contributed by atoms with Crippen molar-refractivity contribution in [1.82, 2.24) is 4.90 Å². The molecule has 0 atom stereocenters. The maximum atomic E-state index is 11.7. The van der Waals surface area contributed by atoms with E-state index in [1.54, 1.807) is 0 Å². The summed E-state index contributed by atoms with van der Waals surface area (Å²) in [6.07, 6.45) is 3.18. The zero-order chi connectivity index (χ0) is 14.9. The van der Waals surface area contributed by atoms with E-state index in [1.165, 1.54) is 5.56 Å². The molecule has 0 aromatic heterocycles. The van der Waals surface area contributed by atoms with E-state index in [0.717, 1.165) is 43.6 Å². The van der Waals surface area contributed by atoms with Crippen LogP contribution in [0.1, 0.15) is 43.7 Å². The Morgan fingerprint density at radius 3 is 2.57 bits per heavy atom. The molecule has 0 radical (unpaired) electrons. The van der Waals surface area contributed by atoms with Gasteiger partial charge in [-0.15, -0.1) is 0 Å². The van der Waals surface area contributed by atoms with Gasteiger partial charge in [-0.3, -0.25) is 4.79 Å². The summed E-state index contributed by atoms with van der Waals surface area (Å²) < 4.78 is 0. The minimum atomic E-state index is -0.190. The SMILES string of the molecule is CCC(=O)N1CCC2(CC1)CC(c1ccc(C)cc1)=NO2. The second kappa shape index (κ2) is 5.51. The van der Waals surface area contributed by atoms with Crippen LogP contribution in [0.15, 0.2) is 29.4 Å². The summed E-state index contributed by atoms with van der Waals surface area (Å²) in [5.41, 5.74) is 3.24. The van der Waals surface area contributed by atoms with Gasteiger partial charge in [0.2, 0.25) is 5.91 Å². The fourth-order valence-corrected chi connectivity index (χ4v) is 3.08. The normalized spacial score (nSPS) is 20.3. The molecular weight excluding hydrogens is 264 g/mol. The summed E-state index contributed by atoms with van der Waals surface area (Å²) >= 11 is 0. The summed E-state index contributed by atoms with van der Waals surface area (Å²) in [5, 5.41) is 4.32. The molecule has 21 heavy (non-hydrogen) atoms. The fourth-order valence-electron chi connectivity index (χ4n) is 3.08. The minimum Gasteiger partial charge on any atom is -0.388 e. The first-order chi connectivity index (χ1) is 10.1. The largest absolute Gasteiger partial charge is 0.388 e. The molecule has 0 aliphatic carbocycles. The van der Waals surface area contributed by atoms with Crippen molar-refractivity contribution in [2.75, 3.05) is 13.1 Å². The zero-order valence-electron chi connectivity index (χ0n) is 12.8. The molecule has 3 rings (SSSR count). The molecule has 1 saturated heterocycles. The Hall–Kier alpha value is -1.84. The van der Waals surface area contributed by atoms with Crippen LogP contribution in [0.5, 0.6) is 0 Å². The predicted octanol–water partition coefficient (Wildman–Crippen LogP) is 2.89. The fraction of sp³-hybridized carbons (Fsp3) is 0.529. The third kappa shape index (κ3) is 2.80. The van der Waals surface area contributed by atoms with E-state index in [2.05, 4.69) is 36.3 Å². The van der Waals surface area contributed by atoms with Gasteiger partial charge in [-0.2, -0.15) is 0 Å². The molecule has 2 aliphatic rings. The number of carbonyl (C=O) groups is 1. The highest BCUT2D eigenvalue weighted by molar-refractivity contribution is 6.01. The third-order valence-electron chi connectivity index (χ3n) is 4.55. The van der Waals surface area contributed by atoms with Gasteiger partial charge in [0, 0.05) is 38.8 Å². The minimum absolute atomic E-state index is 0.190. The lowest BCUT2D eigenvalue weighted by atomic mass is 9.85. The lowest BCUT2D eigenvalue weighted by molar-refractivity contribution is -0.136. The van der Waals surface area contributed by atoms with Crippen molar-refractivity contribution in [1.29, 1.82) is 0 Å². The number of oxime groups is 1. The smallest absolute Gasteiger partial charge is 0.222 e. The molecule has 0 N–H and O–H groups in total. The number of hydrogen-bond acceptors (Lipinski definition) is 3. The molecule has 1 fully saturated rings. The van der Waals surface area contributed by atoms with Crippen LogP contribution in [0.25, 0.3) is 0 Å². The van der Waals surface area contributed by atoms with Crippen molar-refractivity contribution in [3.05, 3.63) is 35.4 Å². The first kappa shape index (κ1) is 14.1. The van der Waals surface area contributed by atoms with Crippen LogP contribution in [-0.4, -0.2) is 35.2 Å². The second-order valence-electron chi connectivity index (χ2n) is 6.09. The zero-order valence-corrected chi connectivity index (χ0v) is 12.8. The van der Waals surface area contributed by atoms with E-state index in [-0.39, 0.29) is 11.5 Å². The molecule has 4 heteroatoms. The lowest BCUT2D eigenvalue weighted by Gasteiger charge is -2.37. The van der Waals surface area contributed by atoms with Crippen LogP contribution in [0, 0.1) is 6.92 Å². The third-order valence-corrected chi connectivity index (χ3v) is 4.55. The van der Waals surface area contributed by atoms with Gasteiger partial charge in [0.05, 0.1) is 5.71 Å². The van der Waals surface area contributed by atoms with E-state index in [0.29, 0.717) is 6.42 Å². The van der Waals surface area contributed by atoms with Crippen molar-refractivity contribution in [3.63, 3.8) is 0 Å². The number of aryl methyl sites for hydroxylation is 1. The molecule has 2 aliphatic heterocycles. The van der Waals surface area contributed by atoms with Gasteiger partial charge in [0.1, 0.15) is 5.60 Å².